The van der Waals surface area contributed by atoms with Gasteiger partial charge in [0, 0.05) is 12.1 Å². The van der Waals surface area contributed by atoms with Crippen molar-refractivity contribution >= 4 is 0 Å². The highest BCUT2D eigenvalue weighted by Gasteiger charge is 2.23. The highest BCUT2D eigenvalue weighted by Crippen LogP contribution is 2.31. The predicted octanol–water partition coefficient (Wildman–Crippen LogP) is 3.30. The number of hydrogen-bond donors (Lipinski definition) is 2. The third kappa shape index (κ3) is 4.37. The summed E-state index contributed by atoms with van der Waals surface area (Å²) < 4.78 is 10.9. The Morgan fingerprint density at radius 2 is 2.05 bits per heavy atom. The van der Waals surface area contributed by atoms with E-state index in [1.165, 1.54) is 31.2 Å². The predicted molar refractivity (Wildman–Crippen MR) is 88.5 cm³/mol. The van der Waals surface area contributed by atoms with Gasteiger partial charge in [-0.3, -0.25) is 0 Å². The smallest absolute Gasteiger partial charge is 0.161 e. The molecule has 1 aliphatic rings. The van der Waals surface area contributed by atoms with Crippen molar-refractivity contribution < 1.29 is 14.6 Å². The van der Waals surface area contributed by atoms with Crippen LogP contribution in [0.15, 0.2) is 18.2 Å². The van der Waals surface area contributed by atoms with Crippen molar-refractivity contribution in [2.24, 2.45) is 5.92 Å². The van der Waals surface area contributed by atoms with Crippen LogP contribution in [0.25, 0.3) is 0 Å². The van der Waals surface area contributed by atoms with Gasteiger partial charge in [-0.1, -0.05) is 25.8 Å². The van der Waals surface area contributed by atoms with E-state index in [9.17, 15) is 0 Å². The monoisotopic (exact) mass is 307 g/mol. The molecule has 1 saturated carbocycles. The molecule has 0 aliphatic heterocycles. The van der Waals surface area contributed by atoms with E-state index >= 15 is 0 Å². The summed E-state index contributed by atoms with van der Waals surface area (Å²) in [5.41, 5.74) is 1.20. The zero-order valence-corrected chi connectivity index (χ0v) is 14.0. The van der Waals surface area contributed by atoms with Crippen LogP contribution >= 0.6 is 0 Å². The molecule has 0 saturated heterocycles. The molecule has 124 valence electrons. The number of rotatable bonds is 7. The fourth-order valence-electron chi connectivity index (χ4n) is 3.21. The zero-order chi connectivity index (χ0) is 15.9. The first kappa shape index (κ1) is 17.1. The van der Waals surface area contributed by atoms with Crippen molar-refractivity contribution in [3.05, 3.63) is 23.8 Å². The van der Waals surface area contributed by atoms with E-state index in [1.807, 2.05) is 12.1 Å². The summed E-state index contributed by atoms with van der Waals surface area (Å²) in [7, 11) is 1.65. The third-order valence-corrected chi connectivity index (χ3v) is 4.61. The van der Waals surface area contributed by atoms with Gasteiger partial charge in [0.25, 0.3) is 0 Å². The lowest BCUT2D eigenvalue weighted by Gasteiger charge is -2.32. The molecule has 3 atom stereocenters. The lowest BCUT2D eigenvalue weighted by atomic mass is 9.85. The van der Waals surface area contributed by atoms with Gasteiger partial charge in [-0.25, -0.2) is 0 Å². The van der Waals surface area contributed by atoms with Crippen LogP contribution in [0.4, 0.5) is 0 Å². The second-order valence-electron chi connectivity index (χ2n) is 6.24. The maximum atomic E-state index is 8.87. The normalized spacial score (nSPS) is 23.1. The fourth-order valence-corrected chi connectivity index (χ4v) is 3.21. The van der Waals surface area contributed by atoms with E-state index in [-0.39, 0.29) is 19.3 Å². The first-order valence-corrected chi connectivity index (χ1v) is 8.33. The Bertz CT molecular complexity index is 464. The van der Waals surface area contributed by atoms with Gasteiger partial charge in [0.2, 0.25) is 0 Å². The van der Waals surface area contributed by atoms with Gasteiger partial charge in [-0.15, -0.1) is 0 Å². The molecule has 22 heavy (non-hydrogen) atoms. The van der Waals surface area contributed by atoms with Gasteiger partial charge >= 0.3 is 0 Å². The topological polar surface area (TPSA) is 50.7 Å². The lowest BCUT2D eigenvalue weighted by Crippen LogP contribution is -2.38. The third-order valence-electron chi connectivity index (χ3n) is 4.61. The first-order valence-electron chi connectivity index (χ1n) is 8.33. The number of aliphatic hydroxyl groups excluding tert-OH is 1. The SMILES string of the molecule is COc1cc(C(C)NC2CCCCC2C)ccc1OCCO. The number of aliphatic hydroxyl groups is 1. The van der Waals surface area contributed by atoms with Gasteiger partial charge in [0.1, 0.15) is 6.61 Å². The highest BCUT2D eigenvalue weighted by molar-refractivity contribution is 5.43. The van der Waals surface area contributed by atoms with E-state index in [1.54, 1.807) is 7.11 Å². The van der Waals surface area contributed by atoms with E-state index in [2.05, 4.69) is 25.2 Å². The van der Waals surface area contributed by atoms with Crippen LogP contribution in [0, 0.1) is 5.92 Å². The standard InChI is InChI=1S/C18H29NO3/c1-13-6-4-5-7-16(13)19-14(2)15-8-9-17(22-11-10-20)18(12-15)21-3/h8-9,12-14,16,19-20H,4-7,10-11H2,1-3H3. The highest BCUT2D eigenvalue weighted by atomic mass is 16.5. The molecule has 0 spiro atoms. The summed E-state index contributed by atoms with van der Waals surface area (Å²) in [5.74, 6) is 2.14. The van der Waals surface area contributed by atoms with E-state index in [0.717, 1.165) is 11.7 Å². The molecule has 2 N–H and O–H groups in total. The van der Waals surface area contributed by atoms with Crippen LogP contribution in [0.5, 0.6) is 11.5 Å². The van der Waals surface area contributed by atoms with E-state index in [4.69, 9.17) is 14.6 Å². The van der Waals surface area contributed by atoms with Crippen LogP contribution in [0.2, 0.25) is 0 Å². The molecule has 1 fully saturated rings. The Labute approximate surface area is 133 Å². The van der Waals surface area contributed by atoms with Crippen molar-refractivity contribution in [2.45, 2.75) is 51.6 Å². The van der Waals surface area contributed by atoms with Gasteiger partial charge in [0.15, 0.2) is 11.5 Å². The van der Waals surface area contributed by atoms with Crippen molar-refractivity contribution in [3.8, 4) is 11.5 Å². The van der Waals surface area contributed by atoms with E-state index in [0.29, 0.717) is 11.8 Å². The van der Waals surface area contributed by atoms with Crippen LogP contribution in [0.3, 0.4) is 0 Å². The van der Waals surface area contributed by atoms with E-state index < -0.39 is 0 Å². The van der Waals surface area contributed by atoms with Gasteiger partial charge < -0.3 is 19.9 Å². The molecule has 3 unspecified atom stereocenters. The van der Waals surface area contributed by atoms with Gasteiger partial charge in [0.05, 0.1) is 13.7 Å². The maximum Gasteiger partial charge on any atom is 0.161 e. The molecular weight excluding hydrogens is 278 g/mol. The molecule has 0 radical (unpaired) electrons. The summed E-state index contributed by atoms with van der Waals surface area (Å²) >= 11 is 0. The Kier molecular flexibility index (Phi) is 6.52. The van der Waals surface area contributed by atoms with Crippen molar-refractivity contribution in [1.29, 1.82) is 0 Å². The zero-order valence-electron chi connectivity index (χ0n) is 14.0. The van der Waals surface area contributed by atoms with Crippen LogP contribution in [0.1, 0.15) is 51.1 Å². The Morgan fingerprint density at radius 1 is 1.27 bits per heavy atom. The molecular formula is C18H29NO3. The molecule has 4 heteroatoms. The average molecular weight is 307 g/mol. The largest absolute Gasteiger partial charge is 0.493 e. The Balaban J connectivity index is 2.04. The quantitative estimate of drug-likeness (QED) is 0.811. The van der Waals surface area contributed by atoms with Crippen molar-refractivity contribution in [3.63, 3.8) is 0 Å². The minimum atomic E-state index is 0.00241. The number of methoxy groups -OCH3 is 1. The molecule has 2 rings (SSSR count). The summed E-state index contributed by atoms with van der Waals surface area (Å²) in [6, 6.07) is 6.90. The summed E-state index contributed by atoms with van der Waals surface area (Å²) in [6.45, 7) is 4.83. The molecule has 1 aromatic carbocycles. The van der Waals surface area contributed by atoms with Crippen LogP contribution in [-0.2, 0) is 0 Å². The minimum Gasteiger partial charge on any atom is -0.493 e. The maximum absolute atomic E-state index is 8.87. The van der Waals surface area contributed by atoms with Crippen molar-refractivity contribution in [2.75, 3.05) is 20.3 Å². The fraction of sp³-hybridized carbons (Fsp3) is 0.667. The number of nitrogens with one attached hydrogen (secondary N) is 1. The molecule has 1 aliphatic carbocycles. The number of benzene rings is 1. The minimum absolute atomic E-state index is 0.00241. The molecule has 4 nitrogen and oxygen atoms in total. The van der Waals surface area contributed by atoms with Gasteiger partial charge in [-0.2, -0.15) is 0 Å². The molecule has 0 aromatic heterocycles. The van der Waals surface area contributed by atoms with Gasteiger partial charge in [-0.05, 0) is 43.4 Å². The summed E-state index contributed by atoms with van der Waals surface area (Å²) in [4.78, 5) is 0. The Hall–Kier alpha value is -1.26. The van der Waals surface area contributed by atoms with Crippen LogP contribution < -0.4 is 14.8 Å². The number of hydrogen-bond acceptors (Lipinski definition) is 4. The second kappa shape index (κ2) is 8.39. The molecule has 0 bridgehead atoms. The van der Waals surface area contributed by atoms with Crippen molar-refractivity contribution in [1.82, 2.24) is 5.32 Å². The van der Waals surface area contributed by atoms with Crippen LogP contribution in [-0.4, -0.2) is 31.5 Å². The Morgan fingerprint density at radius 3 is 2.73 bits per heavy atom. The lowest BCUT2D eigenvalue weighted by molar-refractivity contribution is 0.196. The summed E-state index contributed by atoms with van der Waals surface area (Å²) in [5, 5.41) is 12.6. The average Bonchev–Trinajstić information content (AvgIpc) is 2.54. The second-order valence-corrected chi connectivity index (χ2v) is 6.24. The summed E-state index contributed by atoms with van der Waals surface area (Å²) in [6.07, 6.45) is 5.27. The number of ether oxygens (including phenoxy) is 2. The first-order chi connectivity index (χ1) is 10.7. The molecule has 1 aromatic rings. The molecule has 0 heterocycles. The molecule has 0 amide bonds.